The molecule has 0 amide bonds. The number of carboxylic acids is 1. The van der Waals surface area contributed by atoms with E-state index >= 15 is 0 Å². The van der Waals surface area contributed by atoms with Gasteiger partial charge in [0.2, 0.25) is 0 Å². The van der Waals surface area contributed by atoms with E-state index in [-0.39, 0.29) is 5.82 Å². The molecule has 20 heavy (non-hydrogen) atoms. The lowest BCUT2D eigenvalue weighted by molar-refractivity contribution is -0.138. The van der Waals surface area contributed by atoms with Gasteiger partial charge in [0.05, 0.1) is 17.3 Å². The Hall–Kier alpha value is -1.99. The van der Waals surface area contributed by atoms with Gasteiger partial charge in [-0.1, -0.05) is 0 Å². The van der Waals surface area contributed by atoms with Crippen LogP contribution in [0.4, 0.5) is 0 Å². The van der Waals surface area contributed by atoms with Crippen molar-refractivity contribution in [3.63, 3.8) is 0 Å². The molecule has 7 heteroatoms. The van der Waals surface area contributed by atoms with Crippen molar-refractivity contribution in [2.45, 2.75) is 6.04 Å². The van der Waals surface area contributed by atoms with Gasteiger partial charge in [0.1, 0.15) is 5.75 Å². The molecule has 0 radical (unpaired) electrons. The first kappa shape index (κ1) is 14.4. The molecule has 1 atom stereocenters. The van der Waals surface area contributed by atoms with Gasteiger partial charge in [0.25, 0.3) is 0 Å². The normalized spacial score (nSPS) is 11.9. The molecule has 0 aliphatic carbocycles. The van der Waals surface area contributed by atoms with Gasteiger partial charge in [0.15, 0.2) is 11.9 Å². The number of nitrogens with zero attached hydrogens (tertiary/aromatic N) is 2. The van der Waals surface area contributed by atoms with Crippen LogP contribution in [0.3, 0.4) is 0 Å². The third-order valence-corrected chi connectivity index (χ3v) is 3.29. The maximum absolute atomic E-state index is 10.9. The summed E-state index contributed by atoms with van der Waals surface area (Å²) in [5.41, 5.74) is 6.90. The smallest absolute Gasteiger partial charge is 0.328 e. The Bertz CT molecular complexity index is 649. The summed E-state index contributed by atoms with van der Waals surface area (Å²) in [5, 5.41) is 8.88. The molecule has 104 valence electrons. The number of aromatic nitrogens is 2. The molecular formula is C13H12BrN3O3. The van der Waals surface area contributed by atoms with Crippen LogP contribution in [-0.4, -0.2) is 28.2 Å². The molecule has 0 bridgehead atoms. The van der Waals surface area contributed by atoms with E-state index in [9.17, 15) is 4.79 Å². The number of aliphatic carboxylic acids is 1. The quantitative estimate of drug-likeness (QED) is 0.885. The Morgan fingerprint density at radius 3 is 2.80 bits per heavy atom. The summed E-state index contributed by atoms with van der Waals surface area (Å²) in [7, 11) is 1.58. The second-order valence-electron chi connectivity index (χ2n) is 3.97. The van der Waals surface area contributed by atoms with Crippen LogP contribution in [0.1, 0.15) is 11.9 Å². The van der Waals surface area contributed by atoms with Gasteiger partial charge in [-0.2, -0.15) is 0 Å². The number of carbonyl (C=O) groups is 1. The number of methoxy groups -OCH3 is 1. The van der Waals surface area contributed by atoms with Gasteiger partial charge < -0.3 is 15.6 Å². The molecule has 2 rings (SSSR count). The number of benzene rings is 1. The van der Waals surface area contributed by atoms with Gasteiger partial charge >= 0.3 is 5.97 Å². The van der Waals surface area contributed by atoms with Crippen LogP contribution < -0.4 is 10.5 Å². The number of ether oxygens (including phenoxy) is 1. The Balaban J connectivity index is 2.41. The number of halogens is 1. The van der Waals surface area contributed by atoms with Crippen molar-refractivity contribution < 1.29 is 14.6 Å². The molecule has 1 aromatic carbocycles. The maximum atomic E-state index is 10.9. The minimum atomic E-state index is -1.24. The highest BCUT2D eigenvalue weighted by atomic mass is 79.9. The van der Waals surface area contributed by atoms with Gasteiger partial charge in [-0.25, -0.2) is 9.97 Å². The van der Waals surface area contributed by atoms with Crippen molar-refractivity contribution in [3.05, 3.63) is 40.8 Å². The van der Waals surface area contributed by atoms with Gasteiger partial charge in [-0.15, -0.1) is 0 Å². The summed E-state index contributed by atoms with van der Waals surface area (Å²) in [6, 6.07) is 5.89. The molecule has 0 aliphatic rings. The maximum Gasteiger partial charge on any atom is 0.328 e. The molecule has 0 fully saturated rings. The number of carboxylic acid groups (broad SMARTS) is 1. The molecule has 0 saturated carbocycles. The molecule has 0 saturated heterocycles. The Kier molecular flexibility index (Phi) is 4.31. The molecule has 1 heterocycles. The lowest BCUT2D eigenvalue weighted by atomic mass is 10.1. The van der Waals surface area contributed by atoms with Gasteiger partial charge in [-0.05, 0) is 40.2 Å². The fourth-order valence-electron chi connectivity index (χ4n) is 1.62. The average Bonchev–Trinajstić information content (AvgIpc) is 2.46. The van der Waals surface area contributed by atoms with Crippen molar-refractivity contribution in [2.24, 2.45) is 5.73 Å². The van der Waals surface area contributed by atoms with Crippen molar-refractivity contribution in [1.82, 2.24) is 9.97 Å². The lowest BCUT2D eigenvalue weighted by Crippen LogP contribution is -2.23. The summed E-state index contributed by atoms with van der Waals surface area (Å²) in [5.74, 6) is -0.398. The van der Waals surface area contributed by atoms with E-state index < -0.39 is 12.0 Å². The van der Waals surface area contributed by atoms with E-state index in [0.29, 0.717) is 11.4 Å². The largest absolute Gasteiger partial charge is 0.496 e. The molecule has 0 aliphatic heterocycles. The fourth-order valence-corrected chi connectivity index (χ4v) is 2.16. The second-order valence-corrected chi connectivity index (χ2v) is 4.82. The molecule has 3 N–H and O–H groups in total. The standard InChI is InChI=1S/C13H12BrN3O3/c1-20-10-3-2-7(6-8(10)14)9-4-5-16-12(17-9)11(15)13(18)19/h2-6,11H,15H2,1H3,(H,18,19). The van der Waals surface area contributed by atoms with Gasteiger partial charge in [0, 0.05) is 11.8 Å². The van der Waals surface area contributed by atoms with Crippen LogP contribution in [0.2, 0.25) is 0 Å². The predicted octanol–water partition coefficient (Wildman–Crippen LogP) is 2.00. The lowest BCUT2D eigenvalue weighted by Gasteiger charge is -2.08. The fraction of sp³-hybridized carbons (Fsp3) is 0.154. The van der Waals surface area contributed by atoms with Crippen LogP contribution in [0.25, 0.3) is 11.3 Å². The first-order valence-corrected chi connectivity index (χ1v) is 6.47. The predicted molar refractivity (Wildman–Crippen MR) is 76.3 cm³/mol. The van der Waals surface area contributed by atoms with Crippen LogP contribution in [0, 0.1) is 0 Å². The van der Waals surface area contributed by atoms with Crippen LogP contribution in [-0.2, 0) is 4.79 Å². The van der Waals surface area contributed by atoms with Crippen molar-refractivity contribution in [1.29, 1.82) is 0 Å². The number of hydrogen-bond acceptors (Lipinski definition) is 5. The molecule has 6 nitrogen and oxygen atoms in total. The van der Waals surface area contributed by atoms with Crippen LogP contribution >= 0.6 is 15.9 Å². The van der Waals surface area contributed by atoms with E-state index in [4.69, 9.17) is 15.6 Å². The minimum Gasteiger partial charge on any atom is -0.496 e. The highest BCUT2D eigenvalue weighted by Gasteiger charge is 2.18. The minimum absolute atomic E-state index is 0.0712. The van der Waals surface area contributed by atoms with Crippen molar-refractivity contribution in [3.8, 4) is 17.0 Å². The van der Waals surface area contributed by atoms with Crippen LogP contribution in [0.15, 0.2) is 34.9 Å². The number of hydrogen-bond donors (Lipinski definition) is 2. The van der Waals surface area contributed by atoms with E-state index in [2.05, 4.69) is 25.9 Å². The topological polar surface area (TPSA) is 98.3 Å². The molecule has 0 spiro atoms. The molecular weight excluding hydrogens is 326 g/mol. The van der Waals surface area contributed by atoms with Gasteiger partial charge in [-0.3, -0.25) is 4.79 Å². The zero-order valence-corrected chi connectivity index (χ0v) is 12.2. The third kappa shape index (κ3) is 2.94. The second kappa shape index (κ2) is 5.98. The molecule has 1 aromatic heterocycles. The van der Waals surface area contributed by atoms with E-state index in [1.54, 1.807) is 19.2 Å². The highest BCUT2D eigenvalue weighted by molar-refractivity contribution is 9.10. The SMILES string of the molecule is COc1ccc(-c2ccnc(C(N)C(=O)O)n2)cc1Br. The van der Waals surface area contributed by atoms with Crippen molar-refractivity contribution in [2.75, 3.05) is 7.11 Å². The first-order valence-electron chi connectivity index (χ1n) is 5.68. The average molecular weight is 338 g/mol. The molecule has 2 aromatic rings. The summed E-state index contributed by atoms with van der Waals surface area (Å²) < 4.78 is 5.93. The first-order chi connectivity index (χ1) is 9.52. The molecule has 1 unspecified atom stereocenters. The Morgan fingerprint density at radius 1 is 1.45 bits per heavy atom. The van der Waals surface area contributed by atoms with Crippen LogP contribution in [0.5, 0.6) is 5.75 Å². The number of rotatable bonds is 4. The summed E-state index contributed by atoms with van der Waals surface area (Å²) in [6.45, 7) is 0. The summed E-state index contributed by atoms with van der Waals surface area (Å²) >= 11 is 3.39. The van der Waals surface area contributed by atoms with Crippen molar-refractivity contribution >= 4 is 21.9 Å². The van der Waals surface area contributed by atoms with E-state index in [0.717, 1.165) is 10.0 Å². The van der Waals surface area contributed by atoms with E-state index in [1.807, 2.05) is 12.1 Å². The third-order valence-electron chi connectivity index (χ3n) is 2.67. The number of nitrogens with two attached hydrogens (primary N) is 1. The highest BCUT2D eigenvalue weighted by Crippen LogP contribution is 2.29. The monoisotopic (exact) mass is 337 g/mol. The summed E-state index contributed by atoms with van der Waals surface area (Å²) in [4.78, 5) is 18.9. The summed E-state index contributed by atoms with van der Waals surface area (Å²) in [6.07, 6.45) is 1.48. The Morgan fingerprint density at radius 2 is 2.20 bits per heavy atom. The Labute approximate surface area is 123 Å². The zero-order chi connectivity index (χ0) is 14.7. The zero-order valence-electron chi connectivity index (χ0n) is 10.6. The van der Waals surface area contributed by atoms with E-state index in [1.165, 1.54) is 6.20 Å².